The van der Waals surface area contributed by atoms with Crippen LogP contribution in [-0.4, -0.2) is 20.9 Å². The van der Waals surface area contributed by atoms with Crippen LogP contribution in [0.1, 0.15) is 29.2 Å². The second-order valence-electron chi connectivity index (χ2n) is 6.41. The van der Waals surface area contributed by atoms with Gasteiger partial charge in [0.2, 0.25) is 10.0 Å². The van der Waals surface area contributed by atoms with Gasteiger partial charge < -0.3 is 10.1 Å². The fourth-order valence-corrected chi connectivity index (χ4v) is 4.61. The number of nitrogens with one attached hydrogen (secondary N) is 2. The number of sulfonamides is 1. The summed E-state index contributed by atoms with van der Waals surface area (Å²) in [6.45, 7) is 1.92. The summed E-state index contributed by atoms with van der Waals surface area (Å²) in [4.78, 5) is 11.4. The van der Waals surface area contributed by atoms with Crippen molar-refractivity contribution in [3.05, 3.63) is 53.1 Å². The number of benzene rings is 2. The van der Waals surface area contributed by atoms with Crippen molar-refractivity contribution in [2.24, 2.45) is 0 Å². The zero-order chi connectivity index (χ0) is 17.6. The summed E-state index contributed by atoms with van der Waals surface area (Å²) >= 11 is 0. The van der Waals surface area contributed by atoms with Gasteiger partial charge >= 0.3 is 0 Å². The van der Waals surface area contributed by atoms with Gasteiger partial charge in [0.05, 0.1) is 10.6 Å². The Bertz CT molecular complexity index is 969. The predicted molar refractivity (Wildman–Crippen MR) is 93.1 cm³/mol. The number of anilines is 1. The lowest BCUT2D eigenvalue weighted by molar-refractivity contribution is -0.118. The largest absolute Gasteiger partial charge is 0.482 e. The molecule has 0 saturated carbocycles. The Labute approximate surface area is 146 Å². The number of fused-ring (bicyclic) bond motifs is 2. The van der Waals surface area contributed by atoms with Crippen molar-refractivity contribution in [2.45, 2.75) is 30.7 Å². The van der Waals surface area contributed by atoms with Crippen LogP contribution in [0.2, 0.25) is 0 Å². The fourth-order valence-electron chi connectivity index (χ4n) is 3.35. The smallest absolute Gasteiger partial charge is 0.262 e. The number of hydrogen-bond donors (Lipinski definition) is 2. The van der Waals surface area contributed by atoms with Crippen molar-refractivity contribution in [1.29, 1.82) is 0 Å². The predicted octanol–water partition coefficient (Wildman–Crippen LogP) is 2.29. The van der Waals surface area contributed by atoms with E-state index in [0.717, 1.165) is 18.4 Å². The minimum Gasteiger partial charge on any atom is -0.482 e. The van der Waals surface area contributed by atoms with Crippen molar-refractivity contribution in [1.82, 2.24) is 4.72 Å². The van der Waals surface area contributed by atoms with Crippen LogP contribution in [0.5, 0.6) is 5.75 Å². The Hall–Kier alpha value is -2.38. The lowest BCUT2D eigenvalue weighted by Crippen LogP contribution is -2.28. The molecular formula is C18H18N2O4S. The van der Waals surface area contributed by atoms with E-state index in [-0.39, 0.29) is 23.5 Å². The normalized spacial score (nSPS) is 18.9. The van der Waals surface area contributed by atoms with Crippen molar-refractivity contribution >= 4 is 21.6 Å². The molecule has 7 heteroatoms. The monoisotopic (exact) mass is 358 g/mol. The van der Waals surface area contributed by atoms with Crippen molar-refractivity contribution < 1.29 is 17.9 Å². The molecule has 1 unspecified atom stereocenters. The lowest BCUT2D eigenvalue weighted by atomic mass is 10.1. The summed E-state index contributed by atoms with van der Waals surface area (Å²) in [7, 11) is -3.69. The van der Waals surface area contributed by atoms with Gasteiger partial charge in [0.1, 0.15) is 5.75 Å². The molecule has 6 nitrogen and oxygen atoms in total. The molecule has 0 bridgehead atoms. The van der Waals surface area contributed by atoms with E-state index in [0.29, 0.717) is 11.4 Å². The topological polar surface area (TPSA) is 84.5 Å². The Morgan fingerprint density at radius 2 is 2.04 bits per heavy atom. The van der Waals surface area contributed by atoms with E-state index in [2.05, 4.69) is 16.1 Å². The number of ether oxygens (including phenoxy) is 1. The average Bonchev–Trinajstić information content (AvgIpc) is 2.95. The van der Waals surface area contributed by atoms with Gasteiger partial charge in [-0.05, 0) is 43.0 Å². The van der Waals surface area contributed by atoms with Gasteiger partial charge in [0.15, 0.2) is 6.61 Å². The zero-order valence-corrected chi connectivity index (χ0v) is 14.5. The lowest BCUT2D eigenvalue weighted by Gasteiger charge is -2.19. The molecule has 0 aromatic heterocycles. The molecule has 130 valence electrons. The zero-order valence-electron chi connectivity index (χ0n) is 13.7. The van der Waals surface area contributed by atoms with Gasteiger partial charge in [-0.2, -0.15) is 0 Å². The number of hydrogen-bond acceptors (Lipinski definition) is 4. The van der Waals surface area contributed by atoms with E-state index < -0.39 is 10.0 Å². The highest BCUT2D eigenvalue weighted by atomic mass is 32.2. The highest BCUT2D eigenvalue weighted by molar-refractivity contribution is 7.89. The molecule has 0 radical (unpaired) electrons. The average molecular weight is 358 g/mol. The molecule has 2 aliphatic rings. The second-order valence-corrected chi connectivity index (χ2v) is 8.12. The third kappa shape index (κ3) is 3.01. The molecule has 1 amide bonds. The Kier molecular flexibility index (Phi) is 3.77. The maximum absolute atomic E-state index is 12.8. The standard InChI is InChI=1S/C18H18N2O4S/c1-11-2-5-14-12(8-11)3-6-15(14)20-25(22,23)13-4-7-16-17(9-13)24-10-18(21)19-16/h2,4-5,7-9,15,20H,3,6,10H2,1H3,(H,19,21). The first-order valence-electron chi connectivity index (χ1n) is 8.11. The minimum atomic E-state index is -3.69. The fraction of sp³-hybridized carbons (Fsp3) is 0.278. The van der Waals surface area contributed by atoms with Gasteiger partial charge in [0.25, 0.3) is 5.91 Å². The van der Waals surface area contributed by atoms with E-state index in [9.17, 15) is 13.2 Å². The number of rotatable bonds is 3. The van der Waals surface area contributed by atoms with Gasteiger partial charge in [-0.15, -0.1) is 0 Å². The third-order valence-electron chi connectivity index (χ3n) is 4.57. The SMILES string of the molecule is Cc1ccc2c(c1)CCC2NS(=O)(=O)c1ccc2c(c1)OCC(=O)N2. The molecule has 1 heterocycles. The van der Waals surface area contributed by atoms with Crippen molar-refractivity contribution in [3.63, 3.8) is 0 Å². The second kappa shape index (κ2) is 5.86. The van der Waals surface area contributed by atoms with Crippen LogP contribution in [-0.2, 0) is 21.2 Å². The maximum Gasteiger partial charge on any atom is 0.262 e. The molecule has 4 rings (SSSR count). The van der Waals surface area contributed by atoms with Crippen LogP contribution < -0.4 is 14.8 Å². The van der Waals surface area contributed by atoms with Crippen molar-refractivity contribution in [2.75, 3.05) is 11.9 Å². The molecule has 0 fully saturated rings. The quantitative estimate of drug-likeness (QED) is 0.882. The first kappa shape index (κ1) is 16.1. The highest BCUT2D eigenvalue weighted by Crippen LogP contribution is 2.34. The maximum atomic E-state index is 12.8. The van der Waals surface area contributed by atoms with Crippen LogP contribution >= 0.6 is 0 Å². The molecule has 1 aliphatic carbocycles. The molecule has 2 N–H and O–H groups in total. The molecule has 2 aromatic rings. The van der Waals surface area contributed by atoms with E-state index in [1.807, 2.05) is 19.1 Å². The van der Waals surface area contributed by atoms with Crippen LogP contribution in [0.15, 0.2) is 41.3 Å². The molecule has 0 saturated heterocycles. The highest BCUT2D eigenvalue weighted by Gasteiger charge is 2.28. The number of aryl methyl sites for hydroxylation is 2. The Balaban J connectivity index is 1.60. The first-order chi connectivity index (χ1) is 11.9. The first-order valence-corrected chi connectivity index (χ1v) is 9.59. The summed E-state index contributed by atoms with van der Waals surface area (Å²) in [5.41, 5.74) is 3.90. The molecular weight excluding hydrogens is 340 g/mol. The van der Waals surface area contributed by atoms with E-state index in [1.165, 1.54) is 23.3 Å². The number of carbonyl (C=O) groups excluding carboxylic acids is 1. The summed E-state index contributed by atoms with van der Waals surface area (Å²) in [6.07, 6.45) is 1.61. The van der Waals surface area contributed by atoms with Gasteiger partial charge in [-0.25, -0.2) is 13.1 Å². The summed E-state index contributed by atoms with van der Waals surface area (Å²) < 4.78 is 33.6. The van der Waals surface area contributed by atoms with Crippen LogP contribution in [0.3, 0.4) is 0 Å². The van der Waals surface area contributed by atoms with Gasteiger partial charge in [-0.1, -0.05) is 23.8 Å². The molecule has 1 aliphatic heterocycles. The van der Waals surface area contributed by atoms with Crippen LogP contribution in [0, 0.1) is 6.92 Å². The van der Waals surface area contributed by atoms with Gasteiger partial charge in [0, 0.05) is 12.1 Å². The molecule has 25 heavy (non-hydrogen) atoms. The van der Waals surface area contributed by atoms with E-state index >= 15 is 0 Å². The van der Waals surface area contributed by atoms with E-state index in [1.54, 1.807) is 6.07 Å². The summed E-state index contributed by atoms with van der Waals surface area (Å²) in [5.74, 6) is 0.115. The van der Waals surface area contributed by atoms with Crippen LogP contribution in [0.4, 0.5) is 5.69 Å². The van der Waals surface area contributed by atoms with E-state index in [4.69, 9.17) is 4.74 Å². The molecule has 2 aromatic carbocycles. The molecule has 0 spiro atoms. The van der Waals surface area contributed by atoms with Crippen molar-refractivity contribution in [3.8, 4) is 5.75 Å². The Morgan fingerprint density at radius 1 is 1.20 bits per heavy atom. The summed E-state index contributed by atoms with van der Waals surface area (Å²) in [5, 5.41) is 2.65. The molecule has 1 atom stereocenters. The number of amides is 1. The third-order valence-corrected chi connectivity index (χ3v) is 6.04. The number of carbonyl (C=O) groups is 1. The summed E-state index contributed by atoms with van der Waals surface area (Å²) in [6, 6.07) is 10.4. The Morgan fingerprint density at radius 3 is 2.88 bits per heavy atom. The van der Waals surface area contributed by atoms with Gasteiger partial charge in [-0.3, -0.25) is 4.79 Å². The van der Waals surface area contributed by atoms with Crippen LogP contribution in [0.25, 0.3) is 0 Å². The minimum absolute atomic E-state index is 0.112.